The summed E-state index contributed by atoms with van der Waals surface area (Å²) in [5.74, 6) is 0.859. The molecule has 0 saturated carbocycles. The highest BCUT2D eigenvalue weighted by Crippen LogP contribution is 2.32. The average Bonchev–Trinajstić information content (AvgIpc) is 3.66. The van der Waals surface area contributed by atoms with E-state index in [1.807, 2.05) is 49.4 Å². The highest BCUT2D eigenvalue weighted by molar-refractivity contribution is 7.15. The summed E-state index contributed by atoms with van der Waals surface area (Å²) in [5, 5.41) is 11.8. The molecule has 0 fully saturated rings. The Morgan fingerprint density at radius 2 is 1.95 bits per heavy atom. The van der Waals surface area contributed by atoms with Gasteiger partial charge in [-0.05, 0) is 73.0 Å². The third-order valence-electron chi connectivity index (χ3n) is 6.91. The summed E-state index contributed by atoms with van der Waals surface area (Å²) < 4.78 is 15.4. The summed E-state index contributed by atoms with van der Waals surface area (Å²) in [6.45, 7) is 4.02. The SMILES string of the molecule is Cc1cc([C@H](C)NC(=O)c2cn(-c3ccccn3)nc2NCc2ccc(-c3ccc4ncnc(N)c4c3)s2)ccc1F. The lowest BCUT2D eigenvalue weighted by atomic mass is 10.1. The van der Waals surface area contributed by atoms with Crippen molar-refractivity contribution in [3.05, 3.63) is 113 Å². The van der Waals surface area contributed by atoms with Crippen LogP contribution in [0.3, 0.4) is 0 Å². The first-order chi connectivity index (χ1) is 20.4. The summed E-state index contributed by atoms with van der Waals surface area (Å²) in [5.41, 5.74) is 9.57. The van der Waals surface area contributed by atoms with Gasteiger partial charge in [0.15, 0.2) is 11.6 Å². The molecule has 11 heteroatoms. The van der Waals surface area contributed by atoms with Crippen LogP contribution in [0.4, 0.5) is 16.0 Å². The zero-order valence-electron chi connectivity index (χ0n) is 22.9. The number of halogens is 1. The van der Waals surface area contributed by atoms with E-state index in [0.29, 0.717) is 35.1 Å². The van der Waals surface area contributed by atoms with Gasteiger partial charge in [-0.2, -0.15) is 0 Å². The lowest BCUT2D eigenvalue weighted by molar-refractivity contribution is 0.0940. The summed E-state index contributed by atoms with van der Waals surface area (Å²) in [7, 11) is 0. The van der Waals surface area contributed by atoms with Crippen molar-refractivity contribution in [2.75, 3.05) is 11.1 Å². The van der Waals surface area contributed by atoms with Crippen molar-refractivity contribution in [1.82, 2.24) is 30.0 Å². The van der Waals surface area contributed by atoms with Gasteiger partial charge < -0.3 is 16.4 Å². The van der Waals surface area contributed by atoms with E-state index < -0.39 is 0 Å². The fraction of sp³-hybridized carbons (Fsp3) is 0.129. The van der Waals surface area contributed by atoms with Crippen LogP contribution >= 0.6 is 11.3 Å². The minimum atomic E-state index is -0.343. The lowest BCUT2D eigenvalue weighted by Crippen LogP contribution is -2.27. The Labute approximate surface area is 245 Å². The molecular formula is C31H27FN8OS. The highest BCUT2D eigenvalue weighted by Gasteiger charge is 2.20. The number of aromatic nitrogens is 5. The number of anilines is 2. The maximum Gasteiger partial charge on any atom is 0.257 e. The minimum absolute atomic E-state index is 0.282. The molecule has 2 aromatic carbocycles. The van der Waals surface area contributed by atoms with E-state index in [0.717, 1.165) is 31.8 Å². The van der Waals surface area contributed by atoms with Crippen molar-refractivity contribution < 1.29 is 9.18 Å². The monoisotopic (exact) mass is 578 g/mol. The third kappa shape index (κ3) is 5.54. The van der Waals surface area contributed by atoms with Crippen LogP contribution in [0, 0.1) is 12.7 Å². The molecule has 1 atom stereocenters. The summed E-state index contributed by atoms with van der Waals surface area (Å²) in [6.07, 6.45) is 4.78. The molecule has 4 N–H and O–H groups in total. The first kappa shape index (κ1) is 27.0. The van der Waals surface area contributed by atoms with Crippen molar-refractivity contribution in [1.29, 1.82) is 0 Å². The van der Waals surface area contributed by atoms with E-state index in [9.17, 15) is 9.18 Å². The van der Waals surface area contributed by atoms with Crippen LogP contribution in [-0.2, 0) is 6.54 Å². The molecule has 210 valence electrons. The molecule has 0 saturated heterocycles. The fourth-order valence-corrected chi connectivity index (χ4v) is 5.54. The molecule has 0 radical (unpaired) electrons. The number of carbonyl (C=O) groups is 1. The first-order valence-corrected chi connectivity index (χ1v) is 14.1. The number of rotatable bonds is 8. The molecule has 6 rings (SSSR count). The van der Waals surface area contributed by atoms with Crippen molar-refractivity contribution in [3.8, 4) is 16.3 Å². The van der Waals surface area contributed by atoms with E-state index in [2.05, 4.69) is 36.8 Å². The smallest absolute Gasteiger partial charge is 0.257 e. The minimum Gasteiger partial charge on any atom is -0.383 e. The number of amides is 1. The number of hydrogen-bond acceptors (Lipinski definition) is 8. The van der Waals surface area contributed by atoms with Gasteiger partial charge in [0.25, 0.3) is 5.91 Å². The van der Waals surface area contributed by atoms with Crippen LogP contribution in [0.25, 0.3) is 27.2 Å². The molecule has 0 aliphatic heterocycles. The summed E-state index contributed by atoms with van der Waals surface area (Å²) in [4.78, 5) is 28.3. The van der Waals surface area contributed by atoms with Gasteiger partial charge in [-0.15, -0.1) is 16.4 Å². The number of fused-ring (bicyclic) bond motifs is 1. The number of aryl methyl sites for hydroxylation is 1. The largest absolute Gasteiger partial charge is 0.383 e. The molecule has 0 bridgehead atoms. The van der Waals surface area contributed by atoms with Crippen LogP contribution in [-0.4, -0.2) is 30.6 Å². The van der Waals surface area contributed by atoms with Gasteiger partial charge in [-0.1, -0.05) is 24.3 Å². The number of benzene rings is 2. The second kappa shape index (κ2) is 11.4. The predicted molar refractivity (Wildman–Crippen MR) is 163 cm³/mol. The van der Waals surface area contributed by atoms with Crippen LogP contribution < -0.4 is 16.4 Å². The fourth-order valence-electron chi connectivity index (χ4n) is 4.60. The number of pyridine rings is 1. The predicted octanol–water partition coefficient (Wildman–Crippen LogP) is 6.07. The molecule has 4 aromatic heterocycles. The topological polar surface area (TPSA) is 124 Å². The Morgan fingerprint density at radius 3 is 2.76 bits per heavy atom. The quantitative estimate of drug-likeness (QED) is 0.200. The van der Waals surface area contributed by atoms with Crippen LogP contribution in [0.5, 0.6) is 0 Å². The second-order valence-electron chi connectivity index (χ2n) is 9.84. The number of hydrogen-bond donors (Lipinski definition) is 3. The van der Waals surface area contributed by atoms with E-state index >= 15 is 0 Å². The average molecular weight is 579 g/mol. The Balaban J connectivity index is 1.23. The zero-order chi connectivity index (χ0) is 29.2. The molecule has 6 aromatic rings. The van der Waals surface area contributed by atoms with Gasteiger partial charge in [0.2, 0.25) is 0 Å². The number of nitrogens with two attached hydrogens (primary N) is 1. The number of nitrogen functional groups attached to an aromatic ring is 1. The van der Waals surface area contributed by atoms with Gasteiger partial charge in [0.1, 0.15) is 23.5 Å². The second-order valence-corrected chi connectivity index (χ2v) is 11.0. The molecule has 42 heavy (non-hydrogen) atoms. The lowest BCUT2D eigenvalue weighted by Gasteiger charge is -2.15. The van der Waals surface area contributed by atoms with Crippen molar-refractivity contribution in [3.63, 3.8) is 0 Å². The number of nitrogens with zero attached hydrogens (tertiary/aromatic N) is 5. The van der Waals surface area contributed by atoms with E-state index in [-0.39, 0.29) is 17.8 Å². The molecule has 1 amide bonds. The maximum atomic E-state index is 13.8. The van der Waals surface area contributed by atoms with Crippen molar-refractivity contribution >= 4 is 39.8 Å². The standard InChI is InChI=1S/C31H27FN8OS/c1-18-13-20(6-9-25(18)32)19(2)38-31(41)24-16-40(28-5-3-4-12-34-28)39-30(24)35-15-22-8-11-27(42-22)21-7-10-26-23(14-21)29(33)37-17-36-26/h3-14,16-17,19H,15H2,1-2H3,(H,35,39)(H,38,41)(H2,33,36,37)/t19-/m0/s1. The third-order valence-corrected chi connectivity index (χ3v) is 8.05. The first-order valence-electron chi connectivity index (χ1n) is 13.3. The van der Waals surface area contributed by atoms with Crippen LogP contribution in [0.15, 0.2) is 85.5 Å². The van der Waals surface area contributed by atoms with E-state index in [1.165, 1.54) is 12.4 Å². The van der Waals surface area contributed by atoms with Gasteiger partial charge in [0.05, 0.1) is 18.1 Å². The Bertz CT molecular complexity index is 1900. The van der Waals surface area contributed by atoms with Crippen molar-refractivity contribution in [2.24, 2.45) is 0 Å². The van der Waals surface area contributed by atoms with E-state index in [4.69, 9.17) is 5.73 Å². The van der Waals surface area contributed by atoms with Gasteiger partial charge in [0, 0.05) is 27.5 Å². The van der Waals surface area contributed by atoms with Crippen LogP contribution in [0.2, 0.25) is 0 Å². The molecular weight excluding hydrogens is 551 g/mol. The van der Waals surface area contributed by atoms with Gasteiger partial charge in [-0.25, -0.2) is 24.0 Å². The van der Waals surface area contributed by atoms with Gasteiger partial charge in [-0.3, -0.25) is 4.79 Å². The number of nitrogens with one attached hydrogen (secondary N) is 2. The molecule has 4 heterocycles. The maximum absolute atomic E-state index is 13.8. The van der Waals surface area contributed by atoms with Crippen molar-refractivity contribution in [2.45, 2.75) is 26.4 Å². The number of carbonyl (C=O) groups excluding carboxylic acids is 1. The highest BCUT2D eigenvalue weighted by atomic mass is 32.1. The number of thiophene rings is 1. The van der Waals surface area contributed by atoms with Gasteiger partial charge >= 0.3 is 0 Å². The Hall–Kier alpha value is -5.16. The Morgan fingerprint density at radius 1 is 1.07 bits per heavy atom. The molecule has 9 nitrogen and oxygen atoms in total. The normalized spacial score (nSPS) is 11.9. The van der Waals surface area contributed by atoms with Crippen LogP contribution in [0.1, 0.15) is 39.3 Å². The van der Waals surface area contributed by atoms with E-state index in [1.54, 1.807) is 47.5 Å². The zero-order valence-corrected chi connectivity index (χ0v) is 23.7. The summed E-state index contributed by atoms with van der Waals surface area (Å²) >= 11 is 1.63. The molecule has 0 aliphatic carbocycles. The Kier molecular flexibility index (Phi) is 7.32. The summed E-state index contributed by atoms with van der Waals surface area (Å²) in [6, 6.07) is 20.0. The molecule has 0 unspecified atom stereocenters. The molecule has 0 aliphatic rings. The molecule has 0 spiro atoms.